The molecule has 1 rings (SSSR count). The maximum Gasteiger partial charge on any atom is 0.123 e. The second-order valence-electron chi connectivity index (χ2n) is 5.44. The number of halogens is 2. The van der Waals surface area contributed by atoms with Crippen molar-refractivity contribution in [3.63, 3.8) is 0 Å². The molecule has 1 N–H and O–H groups in total. The summed E-state index contributed by atoms with van der Waals surface area (Å²) >= 11 is 6.31. The molecule has 0 heterocycles. The van der Waals surface area contributed by atoms with Gasteiger partial charge in [0.2, 0.25) is 0 Å². The highest BCUT2D eigenvalue weighted by Crippen LogP contribution is 2.34. The average Bonchev–Trinajstić information content (AvgIpc) is 2.43. The highest BCUT2D eigenvalue weighted by molar-refractivity contribution is 6.31. The van der Waals surface area contributed by atoms with Crippen LogP contribution in [0.3, 0.4) is 0 Å². The number of hydrogen-bond donors (Lipinski definition) is 1. The third kappa shape index (κ3) is 5.06. The second-order valence-corrected chi connectivity index (χ2v) is 5.84. The van der Waals surface area contributed by atoms with Gasteiger partial charge < -0.3 is 5.32 Å². The van der Waals surface area contributed by atoms with Crippen molar-refractivity contribution in [2.75, 3.05) is 6.54 Å². The van der Waals surface area contributed by atoms with Gasteiger partial charge in [-0.15, -0.1) is 0 Å². The fourth-order valence-corrected chi connectivity index (χ4v) is 3.04. The quantitative estimate of drug-likeness (QED) is 0.613. The van der Waals surface area contributed by atoms with Crippen molar-refractivity contribution >= 4 is 11.6 Å². The third-order valence-corrected chi connectivity index (χ3v) is 4.04. The zero-order valence-electron chi connectivity index (χ0n) is 12.9. The fourth-order valence-electron chi connectivity index (χ4n) is 2.80. The SMILES string of the molecule is CCCNC(c1cc(F)ccc1Cl)C(CCC)CCC. The third-order valence-electron chi connectivity index (χ3n) is 3.70. The zero-order valence-corrected chi connectivity index (χ0v) is 13.6. The van der Waals surface area contributed by atoms with E-state index >= 15 is 0 Å². The summed E-state index contributed by atoms with van der Waals surface area (Å²) in [5.41, 5.74) is 0.909. The van der Waals surface area contributed by atoms with Crippen LogP contribution in [0.4, 0.5) is 4.39 Å². The highest BCUT2D eigenvalue weighted by Gasteiger charge is 2.23. The zero-order chi connectivity index (χ0) is 15.0. The van der Waals surface area contributed by atoms with Gasteiger partial charge in [0, 0.05) is 11.1 Å². The molecule has 0 saturated heterocycles. The van der Waals surface area contributed by atoms with Gasteiger partial charge in [0.15, 0.2) is 0 Å². The maximum atomic E-state index is 13.6. The van der Waals surface area contributed by atoms with Crippen molar-refractivity contribution < 1.29 is 4.39 Å². The molecular formula is C17H27ClFN. The first-order chi connectivity index (χ1) is 9.63. The molecule has 20 heavy (non-hydrogen) atoms. The molecule has 1 atom stereocenters. The predicted octanol–water partition coefficient (Wildman–Crippen LogP) is 5.74. The molecule has 3 heteroatoms. The lowest BCUT2D eigenvalue weighted by Crippen LogP contribution is -2.29. The summed E-state index contributed by atoms with van der Waals surface area (Å²) in [5.74, 6) is 0.301. The van der Waals surface area contributed by atoms with E-state index in [1.807, 2.05) is 0 Å². The standard InChI is InChI=1S/C17H27ClFN/c1-4-7-13(8-5-2)17(20-11-6-3)15-12-14(19)9-10-16(15)18/h9-10,12-13,17,20H,4-8,11H2,1-3H3. The van der Waals surface area contributed by atoms with Crippen LogP contribution in [0.15, 0.2) is 18.2 Å². The Morgan fingerprint density at radius 3 is 2.30 bits per heavy atom. The Labute approximate surface area is 127 Å². The molecule has 0 amide bonds. The number of hydrogen-bond acceptors (Lipinski definition) is 1. The van der Waals surface area contributed by atoms with Gasteiger partial charge in [-0.25, -0.2) is 4.39 Å². The molecule has 0 fully saturated rings. The normalized spacial score (nSPS) is 12.9. The smallest absolute Gasteiger partial charge is 0.123 e. The molecule has 0 bridgehead atoms. The van der Waals surface area contributed by atoms with Gasteiger partial charge in [0.1, 0.15) is 5.82 Å². The predicted molar refractivity (Wildman–Crippen MR) is 85.8 cm³/mol. The van der Waals surface area contributed by atoms with Crippen LogP contribution in [-0.2, 0) is 0 Å². The van der Waals surface area contributed by atoms with Gasteiger partial charge in [0.05, 0.1) is 0 Å². The summed E-state index contributed by atoms with van der Waals surface area (Å²) in [6.45, 7) is 7.48. The van der Waals surface area contributed by atoms with E-state index in [1.165, 1.54) is 6.07 Å². The van der Waals surface area contributed by atoms with E-state index in [9.17, 15) is 4.39 Å². The minimum atomic E-state index is -0.209. The Balaban J connectivity index is 3.04. The number of nitrogens with one attached hydrogen (secondary N) is 1. The van der Waals surface area contributed by atoms with Crippen LogP contribution in [0.2, 0.25) is 5.02 Å². The molecule has 114 valence electrons. The van der Waals surface area contributed by atoms with E-state index in [4.69, 9.17) is 11.6 Å². The fraction of sp³-hybridized carbons (Fsp3) is 0.647. The molecule has 0 spiro atoms. The van der Waals surface area contributed by atoms with Crippen molar-refractivity contribution in [2.24, 2.45) is 5.92 Å². The van der Waals surface area contributed by atoms with Crippen molar-refractivity contribution in [1.29, 1.82) is 0 Å². The highest BCUT2D eigenvalue weighted by atomic mass is 35.5. The summed E-state index contributed by atoms with van der Waals surface area (Å²) in [5, 5.41) is 4.24. The largest absolute Gasteiger partial charge is 0.310 e. The van der Waals surface area contributed by atoms with Crippen molar-refractivity contribution in [3.05, 3.63) is 34.6 Å². The van der Waals surface area contributed by atoms with Gasteiger partial charge in [-0.3, -0.25) is 0 Å². The Bertz CT molecular complexity index is 389. The molecular weight excluding hydrogens is 273 g/mol. The lowest BCUT2D eigenvalue weighted by Gasteiger charge is -2.29. The van der Waals surface area contributed by atoms with E-state index < -0.39 is 0 Å². The molecule has 0 aliphatic heterocycles. The van der Waals surface area contributed by atoms with E-state index in [1.54, 1.807) is 12.1 Å². The maximum absolute atomic E-state index is 13.6. The van der Waals surface area contributed by atoms with Crippen LogP contribution >= 0.6 is 11.6 Å². The first kappa shape index (κ1) is 17.5. The average molecular weight is 300 g/mol. The van der Waals surface area contributed by atoms with E-state index in [0.29, 0.717) is 10.9 Å². The Kier molecular flexibility index (Phi) is 8.16. The molecule has 0 aliphatic rings. The molecule has 0 radical (unpaired) electrons. The van der Waals surface area contributed by atoms with E-state index in [2.05, 4.69) is 26.1 Å². The van der Waals surface area contributed by atoms with Gasteiger partial charge in [-0.05, 0) is 55.5 Å². The number of rotatable bonds is 9. The molecule has 0 aromatic heterocycles. The molecule has 0 aliphatic carbocycles. The summed E-state index contributed by atoms with van der Waals surface area (Å²) in [4.78, 5) is 0. The van der Waals surface area contributed by atoms with Crippen molar-refractivity contribution in [1.82, 2.24) is 5.32 Å². The van der Waals surface area contributed by atoms with Crippen molar-refractivity contribution in [2.45, 2.75) is 58.9 Å². The summed E-state index contributed by atoms with van der Waals surface area (Å²) in [7, 11) is 0. The van der Waals surface area contributed by atoms with Crippen LogP contribution in [0.25, 0.3) is 0 Å². The minimum Gasteiger partial charge on any atom is -0.310 e. The van der Waals surface area contributed by atoms with Crippen molar-refractivity contribution in [3.8, 4) is 0 Å². The Morgan fingerprint density at radius 1 is 1.10 bits per heavy atom. The van der Waals surface area contributed by atoms with Crippen LogP contribution < -0.4 is 5.32 Å². The monoisotopic (exact) mass is 299 g/mol. The van der Waals surface area contributed by atoms with E-state index in [-0.39, 0.29) is 11.9 Å². The number of benzene rings is 1. The van der Waals surface area contributed by atoms with Gasteiger partial charge in [0.25, 0.3) is 0 Å². The van der Waals surface area contributed by atoms with Gasteiger partial charge in [-0.1, -0.05) is 45.2 Å². The summed E-state index contributed by atoms with van der Waals surface area (Å²) in [6, 6.07) is 4.84. The lowest BCUT2D eigenvalue weighted by molar-refractivity contribution is 0.316. The molecule has 0 saturated carbocycles. The first-order valence-corrected chi connectivity index (χ1v) is 8.20. The van der Waals surface area contributed by atoms with E-state index in [0.717, 1.165) is 44.2 Å². The van der Waals surface area contributed by atoms with Crippen LogP contribution in [0, 0.1) is 11.7 Å². The summed E-state index contributed by atoms with van der Waals surface area (Å²) in [6.07, 6.45) is 5.63. The summed E-state index contributed by atoms with van der Waals surface area (Å²) < 4.78 is 13.6. The van der Waals surface area contributed by atoms with Gasteiger partial charge in [-0.2, -0.15) is 0 Å². The van der Waals surface area contributed by atoms with Crippen LogP contribution in [-0.4, -0.2) is 6.54 Å². The first-order valence-electron chi connectivity index (χ1n) is 7.82. The Hall–Kier alpha value is -0.600. The molecule has 1 aromatic carbocycles. The van der Waals surface area contributed by atoms with Crippen LogP contribution in [0.1, 0.15) is 64.5 Å². The van der Waals surface area contributed by atoms with Crippen LogP contribution in [0.5, 0.6) is 0 Å². The molecule has 1 unspecified atom stereocenters. The molecule has 1 nitrogen and oxygen atoms in total. The Morgan fingerprint density at radius 2 is 1.75 bits per heavy atom. The van der Waals surface area contributed by atoms with Gasteiger partial charge >= 0.3 is 0 Å². The molecule has 1 aromatic rings. The minimum absolute atomic E-state index is 0.151. The second kappa shape index (κ2) is 9.36. The topological polar surface area (TPSA) is 12.0 Å². The lowest BCUT2D eigenvalue weighted by atomic mass is 9.86.